The van der Waals surface area contributed by atoms with Gasteiger partial charge in [0, 0.05) is 26.2 Å². The van der Waals surface area contributed by atoms with Crippen molar-refractivity contribution in [2.24, 2.45) is 0 Å². The Morgan fingerprint density at radius 3 is 2.84 bits per heavy atom. The number of sulfone groups is 1. The molecule has 2 heterocycles. The fourth-order valence-electron chi connectivity index (χ4n) is 3.66. The first-order chi connectivity index (χ1) is 14.9. The molecule has 0 amide bonds. The van der Waals surface area contributed by atoms with E-state index in [1.54, 1.807) is 29.0 Å². The van der Waals surface area contributed by atoms with Gasteiger partial charge in [-0.2, -0.15) is 0 Å². The average Bonchev–Trinajstić information content (AvgIpc) is 3.39. The molecular formula is C22H30N4O3S2. The fraction of sp³-hybridized carbons (Fsp3) is 0.455. The SMILES string of the molecule is C=CCn1c(CN(C[C@@H]2CCCO2)C(=S)NCC)cnc1S(=O)(=O)Cc1ccccc1. The quantitative estimate of drug-likeness (QED) is 0.430. The summed E-state index contributed by atoms with van der Waals surface area (Å²) in [6.07, 6.45) is 5.46. The van der Waals surface area contributed by atoms with E-state index < -0.39 is 9.84 Å². The zero-order chi connectivity index (χ0) is 22.3. The molecule has 31 heavy (non-hydrogen) atoms. The number of rotatable bonds is 10. The highest BCUT2D eigenvalue weighted by atomic mass is 32.2. The van der Waals surface area contributed by atoms with Gasteiger partial charge in [-0.1, -0.05) is 36.4 Å². The monoisotopic (exact) mass is 462 g/mol. The van der Waals surface area contributed by atoms with E-state index >= 15 is 0 Å². The molecule has 1 aromatic heterocycles. The van der Waals surface area contributed by atoms with Crippen LogP contribution in [0.5, 0.6) is 0 Å². The number of thiocarbonyl (C=S) groups is 1. The maximum Gasteiger partial charge on any atom is 0.228 e. The van der Waals surface area contributed by atoms with Gasteiger partial charge in [-0.3, -0.25) is 0 Å². The van der Waals surface area contributed by atoms with E-state index in [-0.39, 0.29) is 17.0 Å². The van der Waals surface area contributed by atoms with Crippen LogP contribution in [0, 0.1) is 0 Å². The Morgan fingerprint density at radius 2 is 2.19 bits per heavy atom. The summed E-state index contributed by atoms with van der Waals surface area (Å²) in [5.41, 5.74) is 1.50. The van der Waals surface area contributed by atoms with Crippen LogP contribution in [0.2, 0.25) is 0 Å². The van der Waals surface area contributed by atoms with Crippen molar-refractivity contribution in [2.45, 2.75) is 49.9 Å². The Hall–Kier alpha value is -2.23. The first kappa shape index (κ1) is 23.4. The van der Waals surface area contributed by atoms with Crippen molar-refractivity contribution in [1.82, 2.24) is 19.8 Å². The second-order valence-electron chi connectivity index (χ2n) is 7.53. The first-order valence-electron chi connectivity index (χ1n) is 10.5. The van der Waals surface area contributed by atoms with Gasteiger partial charge in [-0.15, -0.1) is 6.58 Å². The minimum Gasteiger partial charge on any atom is -0.376 e. The van der Waals surface area contributed by atoms with Crippen molar-refractivity contribution in [3.8, 4) is 0 Å². The fourth-order valence-corrected chi connectivity index (χ4v) is 5.45. The largest absolute Gasteiger partial charge is 0.376 e. The van der Waals surface area contributed by atoms with E-state index in [4.69, 9.17) is 17.0 Å². The summed E-state index contributed by atoms with van der Waals surface area (Å²) in [6, 6.07) is 9.13. The molecule has 0 radical (unpaired) electrons. The summed E-state index contributed by atoms with van der Waals surface area (Å²) >= 11 is 5.57. The number of imidazole rings is 1. The molecule has 2 aromatic rings. The van der Waals surface area contributed by atoms with Gasteiger partial charge in [0.25, 0.3) is 0 Å². The minimum absolute atomic E-state index is 0.0534. The van der Waals surface area contributed by atoms with Gasteiger partial charge in [0.05, 0.1) is 30.3 Å². The van der Waals surface area contributed by atoms with Crippen LogP contribution >= 0.6 is 12.2 Å². The molecular weight excluding hydrogens is 432 g/mol. The third kappa shape index (κ3) is 6.15. The molecule has 1 fully saturated rings. The van der Waals surface area contributed by atoms with Crippen LogP contribution in [0.4, 0.5) is 0 Å². The van der Waals surface area contributed by atoms with Crippen LogP contribution in [-0.4, -0.2) is 53.8 Å². The van der Waals surface area contributed by atoms with Crippen LogP contribution in [0.15, 0.2) is 54.3 Å². The van der Waals surface area contributed by atoms with Gasteiger partial charge in [-0.25, -0.2) is 13.4 Å². The number of hydrogen-bond acceptors (Lipinski definition) is 5. The summed E-state index contributed by atoms with van der Waals surface area (Å²) in [6.45, 7) is 8.70. The maximum atomic E-state index is 13.1. The van der Waals surface area contributed by atoms with Gasteiger partial charge in [0.1, 0.15) is 0 Å². The Kier molecular flexibility index (Phi) is 8.22. The highest BCUT2D eigenvalue weighted by Crippen LogP contribution is 2.20. The van der Waals surface area contributed by atoms with Gasteiger partial charge in [0.2, 0.25) is 15.0 Å². The molecule has 9 heteroatoms. The number of nitrogens with zero attached hydrogens (tertiary/aromatic N) is 3. The van der Waals surface area contributed by atoms with Crippen LogP contribution in [-0.2, 0) is 33.4 Å². The smallest absolute Gasteiger partial charge is 0.228 e. The van der Waals surface area contributed by atoms with Gasteiger partial charge >= 0.3 is 0 Å². The molecule has 1 atom stereocenters. The summed E-state index contributed by atoms with van der Waals surface area (Å²) in [4.78, 5) is 6.33. The summed E-state index contributed by atoms with van der Waals surface area (Å²) in [7, 11) is -3.62. The van der Waals surface area contributed by atoms with Crippen LogP contribution in [0.25, 0.3) is 0 Å². The van der Waals surface area contributed by atoms with Crippen molar-refractivity contribution in [3.05, 3.63) is 60.4 Å². The molecule has 1 aromatic carbocycles. The Labute approximate surface area is 190 Å². The molecule has 0 unspecified atom stereocenters. The van der Waals surface area contributed by atoms with E-state index in [1.165, 1.54) is 0 Å². The van der Waals surface area contributed by atoms with E-state index in [0.717, 1.165) is 30.7 Å². The average molecular weight is 463 g/mol. The lowest BCUT2D eigenvalue weighted by atomic mass is 10.2. The normalized spacial score (nSPS) is 16.2. The number of nitrogens with one attached hydrogen (secondary N) is 1. The Bertz CT molecular complexity index is 983. The van der Waals surface area contributed by atoms with Crippen molar-refractivity contribution in [1.29, 1.82) is 0 Å². The van der Waals surface area contributed by atoms with E-state index in [2.05, 4.69) is 16.9 Å². The van der Waals surface area contributed by atoms with Gasteiger partial charge in [0.15, 0.2) is 5.11 Å². The van der Waals surface area contributed by atoms with Crippen LogP contribution in [0.1, 0.15) is 31.0 Å². The Morgan fingerprint density at radius 1 is 1.42 bits per heavy atom. The predicted octanol–water partition coefficient (Wildman–Crippen LogP) is 2.92. The van der Waals surface area contributed by atoms with Crippen molar-refractivity contribution in [3.63, 3.8) is 0 Å². The van der Waals surface area contributed by atoms with E-state index in [0.29, 0.717) is 31.3 Å². The summed E-state index contributed by atoms with van der Waals surface area (Å²) in [5, 5.41) is 3.87. The molecule has 0 spiro atoms. The van der Waals surface area contributed by atoms with Crippen molar-refractivity contribution < 1.29 is 13.2 Å². The number of ether oxygens (including phenoxy) is 1. The van der Waals surface area contributed by atoms with E-state index in [1.807, 2.05) is 30.0 Å². The molecule has 0 aliphatic carbocycles. The molecule has 1 saturated heterocycles. The molecule has 3 rings (SSSR count). The van der Waals surface area contributed by atoms with E-state index in [9.17, 15) is 8.42 Å². The third-order valence-electron chi connectivity index (χ3n) is 5.11. The lowest BCUT2D eigenvalue weighted by molar-refractivity contribution is 0.0893. The van der Waals surface area contributed by atoms with Crippen LogP contribution in [0.3, 0.4) is 0 Å². The topological polar surface area (TPSA) is 76.5 Å². The van der Waals surface area contributed by atoms with Crippen molar-refractivity contribution >= 4 is 27.2 Å². The summed E-state index contributed by atoms with van der Waals surface area (Å²) in [5.74, 6) is -0.100. The van der Waals surface area contributed by atoms with Gasteiger partial charge in [-0.05, 0) is 37.5 Å². The Balaban J connectivity index is 1.86. The molecule has 0 saturated carbocycles. The van der Waals surface area contributed by atoms with Gasteiger partial charge < -0.3 is 19.5 Å². The number of benzene rings is 1. The third-order valence-corrected chi connectivity index (χ3v) is 7.11. The standard InChI is InChI=1S/C22H30N4O3S2/c1-3-12-26-19(15-25(21(30)23-4-2)16-20-11-8-13-29-20)14-24-22(26)31(27,28)17-18-9-6-5-7-10-18/h3,5-7,9-10,14,20H,1,4,8,11-13,15-17H2,2H3,(H,23,30)/t20-/m0/s1. The van der Waals surface area contributed by atoms with Crippen LogP contribution < -0.4 is 5.32 Å². The van der Waals surface area contributed by atoms with Crippen molar-refractivity contribution in [2.75, 3.05) is 19.7 Å². The molecule has 1 aliphatic rings. The maximum absolute atomic E-state index is 13.1. The zero-order valence-corrected chi connectivity index (χ0v) is 19.5. The minimum atomic E-state index is -3.62. The molecule has 1 aliphatic heterocycles. The number of allylic oxidation sites excluding steroid dienone is 1. The zero-order valence-electron chi connectivity index (χ0n) is 17.9. The summed E-state index contributed by atoms with van der Waals surface area (Å²) < 4.78 is 33.7. The highest BCUT2D eigenvalue weighted by molar-refractivity contribution is 7.90. The number of aromatic nitrogens is 2. The second kappa shape index (κ2) is 10.9. The lowest BCUT2D eigenvalue weighted by Gasteiger charge is -2.28. The number of hydrogen-bond donors (Lipinski definition) is 1. The molecule has 168 valence electrons. The molecule has 0 bridgehead atoms. The predicted molar refractivity (Wildman–Crippen MR) is 125 cm³/mol. The molecule has 1 N–H and O–H groups in total. The first-order valence-corrected chi connectivity index (χ1v) is 12.6. The molecule has 7 nitrogen and oxygen atoms in total. The second-order valence-corrected chi connectivity index (χ2v) is 9.80. The highest BCUT2D eigenvalue weighted by Gasteiger charge is 2.26. The lowest BCUT2D eigenvalue weighted by Crippen LogP contribution is -2.43.